The lowest BCUT2D eigenvalue weighted by Crippen LogP contribution is -2.35. The Hall–Kier alpha value is -1.37. The number of likely N-dealkylation sites (tertiary alicyclic amines) is 1. The first-order valence-electron chi connectivity index (χ1n) is 6.31. The molecule has 2 fully saturated rings. The van der Waals surface area contributed by atoms with Crippen molar-refractivity contribution >= 4 is 5.82 Å². The molecule has 0 amide bonds. The Kier molecular flexibility index (Phi) is 3.08. The monoisotopic (exact) mass is 272 g/mol. The molecule has 104 valence electrons. The summed E-state index contributed by atoms with van der Waals surface area (Å²) in [6.07, 6.45) is 0.864. The second-order valence-electron chi connectivity index (χ2n) is 5.30. The van der Waals surface area contributed by atoms with Crippen LogP contribution < -0.4 is 4.90 Å². The van der Waals surface area contributed by atoms with E-state index in [1.807, 2.05) is 0 Å². The number of aromatic nitrogens is 2. The molecule has 1 aromatic heterocycles. The number of hydrogen-bond acceptors (Lipinski definition) is 4. The smallest absolute Gasteiger partial charge is 0.355 e. The van der Waals surface area contributed by atoms with E-state index >= 15 is 0 Å². The van der Waals surface area contributed by atoms with E-state index in [4.69, 9.17) is 0 Å². The maximum atomic E-state index is 12.4. The first-order valence-corrected chi connectivity index (χ1v) is 6.31. The van der Waals surface area contributed by atoms with Gasteiger partial charge in [0.25, 0.3) is 0 Å². The van der Waals surface area contributed by atoms with Gasteiger partial charge in [-0.3, -0.25) is 9.88 Å². The fourth-order valence-electron chi connectivity index (χ4n) is 3.11. The van der Waals surface area contributed by atoms with Crippen LogP contribution in [0, 0.1) is 11.8 Å². The van der Waals surface area contributed by atoms with Crippen LogP contribution in [0.15, 0.2) is 18.6 Å². The summed E-state index contributed by atoms with van der Waals surface area (Å²) < 4.78 is 37.1. The van der Waals surface area contributed by atoms with Gasteiger partial charge in [0.2, 0.25) is 0 Å². The van der Waals surface area contributed by atoms with Gasteiger partial charge in [-0.2, -0.15) is 13.2 Å². The fourth-order valence-corrected chi connectivity index (χ4v) is 3.11. The van der Waals surface area contributed by atoms with Gasteiger partial charge in [-0.1, -0.05) is 0 Å². The number of fused-ring (bicyclic) bond motifs is 1. The highest BCUT2D eigenvalue weighted by Crippen LogP contribution is 2.34. The average Bonchev–Trinajstić information content (AvgIpc) is 2.85. The highest BCUT2D eigenvalue weighted by atomic mass is 19.4. The molecule has 7 heteroatoms. The van der Waals surface area contributed by atoms with E-state index < -0.39 is 12.7 Å². The van der Waals surface area contributed by atoms with Gasteiger partial charge in [0.15, 0.2) is 0 Å². The summed E-state index contributed by atoms with van der Waals surface area (Å²) in [6, 6.07) is 0. The third-order valence-electron chi connectivity index (χ3n) is 3.84. The third-order valence-corrected chi connectivity index (χ3v) is 3.84. The van der Waals surface area contributed by atoms with E-state index in [1.54, 1.807) is 18.6 Å². The molecule has 1 aromatic rings. The molecule has 2 aliphatic heterocycles. The molecule has 0 bridgehead atoms. The van der Waals surface area contributed by atoms with E-state index in [-0.39, 0.29) is 0 Å². The van der Waals surface area contributed by atoms with Crippen LogP contribution in [0.5, 0.6) is 0 Å². The summed E-state index contributed by atoms with van der Waals surface area (Å²) >= 11 is 0. The second kappa shape index (κ2) is 4.63. The van der Waals surface area contributed by atoms with Gasteiger partial charge in [-0.25, -0.2) is 4.98 Å². The van der Waals surface area contributed by atoms with Crippen molar-refractivity contribution in [1.29, 1.82) is 0 Å². The van der Waals surface area contributed by atoms with Crippen molar-refractivity contribution in [3.8, 4) is 0 Å². The summed E-state index contributed by atoms with van der Waals surface area (Å²) in [7, 11) is 0. The minimum Gasteiger partial charge on any atom is -0.355 e. The van der Waals surface area contributed by atoms with Gasteiger partial charge < -0.3 is 4.90 Å². The lowest BCUT2D eigenvalue weighted by Gasteiger charge is -2.22. The molecule has 0 aromatic carbocycles. The standard InChI is InChI=1S/C12H15F3N4/c13-12(14,15)8-18-4-9-6-19(7-10(9)5-18)11-3-16-1-2-17-11/h1-3,9-10H,4-8H2. The van der Waals surface area contributed by atoms with Crippen LogP contribution in [0.25, 0.3) is 0 Å². The van der Waals surface area contributed by atoms with Crippen LogP contribution in [0.3, 0.4) is 0 Å². The van der Waals surface area contributed by atoms with Crippen LogP contribution >= 0.6 is 0 Å². The topological polar surface area (TPSA) is 32.3 Å². The van der Waals surface area contributed by atoms with Crippen molar-refractivity contribution < 1.29 is 13.2 Å². The molecule has 3 rings (SSSR count). The predicted octanol–water partition coefficient (Wildman–Crippen LogP) is 1.41. The van der Waals surface area contributed by atoms with Crippen molar-refractivity contribution in [1.82, 2.24) is 14.9 Å². The molecular formula is C12H15F3N4. The van der Waals surface area contributed by atoms with Gasteiger partial charge in [-0.05, 0) is 11.8 Å². The number of nitrogens with zero attached hydrogens (tertiary/aromatic N) is 4. The Morgan fingerprint density at radius 3 is 2.32 bits per heavy atom. The quantitative estimate of drug-likeness (QED) is 0.815. The number of hydrogen-bond donors (Lipinski definition) is 0. The lowest BCUT2D eigenvalue weighted by atomic mass is 10.0. The van der Waals surface area contributed by atoms with Crippen LogP contribution in [-0.2, 0) is 0 Å². The van der Waals surface area contributed by atoms with Crippen LogP contribution in [0.4, 0.5) is 19.0 Å². The van der Waals surface area contributed by atoms with Gasteiger partial charge >= 0.3 is 6.18 Å². The van der Waals surface area contributed by atoms with Gasteiger partial charge in [0.05, 0.1) is 12.7 Å². The van der Waals surface area contributed by atoms with Crippen molar-refractivity contribution in [2.75, 3.05) is 37.6 Å². The zero-order valence-electron chi connectivity index (χ0n) is 10.3. The van der Waals surface area contributed by atoms with Crippen LogP contribution in [0.1, 0.15) is 0 Å². The van der Waals surface area contributed by atoms with E-state index in [2.05, 4.69) is 14.9 Å². The van der Waals surface area contributed by atoms with E-state index in [1.165, 1.54) is 4.90 Å². The van der Waals surface area contributed by atoms with Gasteiger partial charge in [-0.15, -0.1) is 0 Å². The van der Waals surface area contributed by atoms with Crippen molar-refractivity contribution in [2.45, 2.75) is 6.18 Å². The van der Waals surface area contributed by atoms with Crippen molar-refractivity contribution in [3.05, 3.63) is 18.6 Å². The summed E-state index contributed by atoms with van der Waals surface area (Å²) in [6.45, 7) is 1.82. The van der Waals surface area contributed by atoms with Crippen LogP contribution in [0.2, 0.25) is 0 Å². The first kappa shape index (κ1) is 12.7. The molecule has 0 radical (unpaired) electrons. The first-order chi connectivity index (χ1) is 9.01. The summed E-state index contributed by atoms with van der Waals surface area (Å²) in [5.41, 5.74) is 0. The molecule has 2 saturated heterocycles. The molecule has 3 heterocycles. The Labute approximate surface area is 109 Å². The lowest BCUT2D eigenvalue weighted by molar-refractivity contribution is -0.144. The summed E-state index contributed by atoms with van der Waals surface area (Å²) in [5.74, 6) is 1.44. The Morgan fingerprint density at radius 1 is 1.11 bits per heavy atom. The highest BCUT2D eigenvalue weighted by molar-refractivity contribution is 5.37. The molecule has 4 nitrogen and oxygen atoms in total. The SMILES string of the molecule is FC(F)(F)CN1CC2CN(c3cnccn3)CC2C1. The fraction of sp³-hybridized carbons (Fsp3) is 0.667. The molecule has 0 N–H and O–H groups in total. The van der Waals surface area contributed by atoms with E-state index in [9.17, 15) is 13.2 Å². The molecule has 0 aliphatic carbocycles. The predicted molar refractivity (Wildman–Crippen MR) is 63.7 cm³/mol. The Balaban J connectivity index is 1.59. The molecular weight excluding hydrogens is 257 g/mol. The highest BCUT2D eigenvalue weighted by Gasteiger charge is 2.43. The zero-order valence-corrected chi connectivity index (χ0v) is 10.3. The van der Waals surface area contributed by atoms with E-state index in [0.29, 0.717) is 24.9 Å². The molecule has 2 atom stereocenters. The van der Waals surface area contributed by atoms with Crippen molar-refractivity contribution in [2.24, 2.45) is 11.8 Å². The molecule has 19 heavy (non-hydrogen) atoms. The number of anilines is 1. The minimum atomic E-state index is -4.09. The van der Waals surface area contributed by atoms with Crippen LogP contribution in [-0.4, -0.2) is 53.8 Å². The normalized spacial score (nSPS) is 27.8. The Morgan fingerprint density at radius 2 is 1.79 bits per heavy atom. The number of halogens is 3. The summed E-state index contributed by atoms with van der Waals surface area (Å²) in [4.78, 5) is 11.9. The van der Waals surface area contributed by atoms with Gasteiger partial charge in [0.1, 0.15) is 5.82 Å². The molecule has 0 spiro atoms. The van der Waals surface area contributed by atoms with E-state index in [0.717, 1.165) is 18.9 Å². The zero-order chi connectivity index (χ0) is 13.5. The van der Waals surface area contributed by atoms with Gasteiger partial charge in [0, 0.05) is 38.6 Å². The molecule has 0 saturated carbocycles. The number of rotatable bonds is 2. The number of alkyl halides is 3. The third kappa shape index (κ3) is 2.80. The largest absolute Gasteiger partial charge is 0.401 e. The molecule has 2 unspecified atom stereocenters. The molecule has 2 aliphatic rings. The second-order valence-corrected chi connectivity index (χ2v) is 5.30. The Bertz CT molecular complexity index is 422. The average molecular weight is 272 g/mol. The van der Waals surface area contributed by atoms with Crippen molar-refractivity contribution in [3.63, 3.8) is 0 Å². The maximum absolute atomic E-state index is 12.4. The summed E-state index contributed by atoms with van der Waals surface area (Å²) in [5, 5.41) is 0. The minimum absolute atomic E-state index is 0.310. The maximum Gasteiger partial charge on any atom is 0.401 e.